The summed E-state index contributed by atoms with van der Waals surface area (Å²) in [5.74, 6) is -4.01. The summed E-state index contributed by atoms with van der Waals surface area (Å²) in [5.41, 5.74) is 9.14. The molecule has 3 aliphatic carbocycles. The van der Waals surface area contributed by atoms with Crippen LogP contribution >= 0.6 is 0 Å². The molecule has 318 valence electrons. The van der Waals surface area contributed by atoms with Crippen LogP contribution in [0.25, 0.3) is 86.4 Å². The van der Waals surface area contributed by atoms with Gasteiger partial charge in [0.2, 0.25) is 5.79 Å². The zero-order valence-electron chi connectivity index (χ0n) is 36.1. The van der Waals surface area contributed by atoms with Crippen LogP contribution in [0.3, 0.4) is 0 Å². The molecule has 1 saturated carbocycles. The predicted octanol–water partition coefficient (Wildman–Crippen LogP) is 9.03. The van der Waals surface area contributed by atoms with E-state index in [0.29, 0.717) is 6.54 Å². The number of aryl methyl sites for hydroxylation is 2. The van der Waals surface area contributed by atoms with E-state index >= 15 is 0 Å². The molecular formula is C52H45NO10. The van der Waals surface area contributed by atoms with Crippen LogP contribution in [-0.4, -0.2) is 71.4 Å². The van der Waals surface area contributed by atoms with E-state index < -0.39 is 53.6 Å². The molecule has 11 nitrogen and oxygen atoms in total. The summed E-state index contributed by atoms with van der Waals surface area (Å²) in [7, 11) is 0. The number of rotatable bonds is 9. The summed E-state index contributed by atoms with van der Waals surface area (Å²) < 4.78 is 39.4. The maximum absolute atomic E-state index is 12.7. The Labute approximate surface area is 360 Å². The van der Waals surface area contributed by atoms with Gasteiger partial charge < -0.3 is 33.0 Å². The Morgan fingerprint density at radius 3 is 1.65 bits per heavy atom. The Hall–Kier alpha value is -6.04. The third kappa shape index (κ3) is 4.52. The van der Waals surface area contributed by atoms with E-state index in [1.165, 1.54) is 148 Å². The van der Waals surface area contributed by atoms with E-state index in [0.717, 1.165) is 25.7 Å². The highest BCUT2D eigenvalue weighted by molar-refractivity contribution is 6.55. The van der Waals surface area contributed by atoms with Crippen molar-refractivity contribution in [1.82, 2.24) is 4.57 Å². The Morgan fingerprint density at radius 1 is 0.603 bits per heavy atom. The molecule has 0 N–H and O–H groups in total. The predicted molar refractivity (Wildman–Crippen MR) is 239 cm³/mol. The fourth-order valence-corrected chi connectivity index (χ4v) is 13.5. The second-order valence-corrected chi connectivity index (χ2v) is 18.4. The first-order chi connectivity index (χ1) is 30.4. The fourth-order valence-electron chi connectivity index (χ4n) is 13.5. The molecule has 5 unspecified atom stereocenters. The first kappa shape index (κ1) is 37.5. The van der Waals surface area contributed by atoms with Gasteiger partial charge in [0.1, 0.15) is 18.8 Å². The van der Waals surface area contributed by atoms with Gasteiger partial charge in [-0.25, -0.2) is 0 Å². The molecule has 0 amide bonds. The van der Waals surface area contributed by atoms with E-state index in [9.17, 15) is 19.2 Å². The average Bonchev–Trinajstić information content (AvgIpc) is 3.89. The monoisotopic (exact) mass is 843 g/mol. The number of carbonyl (C=O) groups is 4. The van der Waals surface area contributed by atoms with E-state index in [1.54, 1.807) is 0 Å². The maximum atomic E-state index is 12.7. The summed E-state index contributed by atoms with van der Waals surface area (Å²) in [6, 6.07) is 14.5. The number of pyridine rings is 1. The van der Waals surface area contributed by atoms with Crippen molar-refractivity contribution in [2.24, 2.45) is 0 Å². The summed E-state index contributed by atoms with van der Waals surface area (Å²) >= 11 is 0. The third-order valence-electron chi connectivity index (χ3n) is 15.2. The van der Waals surface area contributed by atoms with Gasteiger partial charge in [0.25, 0.3) is 0 Å². The molecule has 4 heterocycles. The minimum absolute atomic E-state index is 0.0854. The second-order valence-electron chi connectivity index (χ2n) is 18.4. The SMILES string of the molecule is CC.CC(=O)OCC1OC2(OCCn3c4c5cc6c7c8c(cc9ccc%10cc%11c%12c%13c(cc(c3c%13c(c3c8c9c%10c%123)c74)CC5)C%11)C6)CC(OC(C)=O)C1(OC(C)=O)CC2OC(C)=O. The zero-order valence-corrected chi connectivity index (χ0v) is 36.1. The van der Waals surface area contributed by atoms with E-state index in [-0.39, 0.29) is 26.1 Å². The molecule has 0 spiro atoms. The van der Waals surface area contributed by atoms with Crippen LogP contribution in [0.4, 0.5) is 0 Å². The molecule has 6 aliphatic rings. The number of hydrogen-bond donors (Lipinski definition) is 0. The molecule has 15 rings (SSSR count). The van der Waals surface area contributed by atoms with Gasteiger partial charge in [0, 0.05) is 68.6 Å². The molecule has 2 saturated heterocycles. The molecule has 4 bridgehead atoms. The highest BCUT2D eigenvalue weighted by Crippen LogP contribution is 2.61. The minimum Gasteiger partial charge on any atom is -0.463 e. The first-order valence-electron chi connectivity index (χ1n) is 22.4. The van der Waals surface area contributed by atoms with Crippen LogP contribution in [0, 0.1) is 0 Å². The Morgan fingerprint density at radius 2 is 1.11 bits per heavy atom. The average molecular weight is 844 g/mol. The summed E-state index contributed by atoms with van der Waals surface area (Å²) in [5, 5.41) is 19.4. The van der Waals surface area contributed by atoms with Crippen LogP contribution in [-0.2, 0) is 79.8 Å². The Bertz CT molecular complexity index is 3360. The van der Waals surface area contributed by atoms with Crippen LogP contribution < -0.4 is 0 Å². The van der Waals surface area contributed by atoms with Crippen molar-refractivity contribution >= 4 is 110 Å². The van der Waals surface area contributed by atoms with Crippen molar-refractivity contribution in [3.05, 3.63) is 69.8 Å². The number of esters is 4. The maximum Gasteiger partial charge on any atom is 0.303 e. The van der Waals surface area contributed by atoms with Gasteiger partial charge in [-0.3, -0.25) is 19.2 Å². The van der Waals surface area contributed by atoms with Crippen molar-refractivity contribution in [3.8, 4) is 0 Å². The van der Waals surface area contributed by atoms with Crippen molar-refractivity contribution in [1.29, 1.82) is 0 Å². The Kier molecular flexibility index (Phi) is 7.36. The summed E-state index contributed by atoms with van der Waals surface area (Å²) in [6.45, 7) is 9.38. The van der Waals surface area contributed by atoms with E-state index in [4.69, 9.17) is 28.4 Å². The number of carbonyl (C=O) groups excluding carboxylic acids is 4. The van der Waals surface area contributed by atoms with Crippen LogP contribution in [0.5, 0.6) is 0 Å². The molecular weight excluding hydrogens is 799 g/mol. The minimum atomic E-state index is -1.63. The van der Waals surface area contributed by atoms with Gasteiger partial charge in [0.15, 0.2) is 11.7 Å². The largest absolute Gasteiger partial charge is 0.463 e. The summed E-state index contributed by atoms with van der Waals surface area (Å²) in [4.78, 5) is 50.2. The third-order valence-corrected chi connectivity index (χ3v) is 15.2. The molecule has 11 heteroatoms. The standard InChI is InChI=1S/C50H39NO10.C2H6/c1-20(52)56-19-34-49(60-23(4)55)17-33(59-22(3)54)50(61-34,18-32(49)58-21(2)53)57-10-9-51-47-26-7-8-27-14-31-16-29-12-25-6-5-24-11-28-15-30(13-26)39-37(28)41-35(24)36(25)42-38(29)40(31)46(48(27)51)44(43(41)42)45(39)47;1-2/h5-6,11-14,32-34H,7-10,15-19H2,1-4H3;1-2H3. The van der Waals surface area contributed by atoms with Crippen LogP contribution in [0.1, 0.15) is 87.8 Å². The van der Waals surface area contributed by atoms with E-state index in [2.05, 4.69) is 41.0 Å². The highest BCUT2D eigenvalue weighted by atomic mass is 16.8. The molecule has 0 radical (unpaired) electrons. The number of benzene rings is 7. The molecule has 9 aromatic rings. The topological polar surface area (TPSA) is 129 Å². The summed E-state index contributed by atoms with van der Waals surface area (Å²) in [6.07, 6.45) is 0.306. The molecule has 8 aromatic carbocycles. The lowest BCUT2D eigenvalue weighted by Gasteiger charge is -2.60. The number of fused-ring (bicyclic) bond motifs is 3. The molecule has 1 aromatic heterocycles. The quantitative estimate of drug-likeness (QED) is 0.0601. The number of hydrogen-bond acceptors (Lipinski definition) is 10. The van der Waals surface area contributed by atoms with Gasteiger partial charge in [-0.1, -0.05) is 50.2 Å². The first-order valence-corrected chi connectivity index (χ1v) is 22.4. The van der Waals surface area contributed by atoms with Gasteiger partial charge in [-0.2, -0.15) is 0 Å². The van der Waals surface area contributed by atoms with Gasteiger partial charge in [-0.05, 0) is 113 Å². The number of ether oxygens (including phenoxy) is 6. The Balaban J connectivity index is 0.00000198. The lowest BCUT2D eigenvalue weighted by molar-refractivity contribution is -0.411. The van der Waals surface area contributed by atoms with Crippen LogP contribution in [0.15, 0.2) is 36.4 Å². The second kappa shape index (κ2) is 12.4. The lowest BCUT2D eigenvalue weighted by Crippen LogP contribution is -2.76. The fraction of sp³-hybridized carbons (Fsp3) is 0.385. The number of aromatic nitrogens is 1. The van der Waals surface area contributed by atoms with Gasteiger partial charge in [-0.15, -0.1) is 0 Å². The van der Waals surface area contributed by atoms with Crippen molar-refractivity contribution in [3.63, 3.8) is 0 Å². The van der Waals surface area contributed by atoms with Crippen molar-refractivity contribution in [2.75, 3.05) is 13.2 Å². The number of nitrogens with zero attached hydrogens (tertiary/aromatic N) is 1. The van der Waals surface area contributed by atoms with Gasteiger partial charge in [0.05, 0.1) is 17.6 Å². The molecule has 63 heavy (non-hydrogen) atoms. The smallest absolute Gasteiger partial charge is 0.303 e. The van der Waals surface area contributed by atoms with Crippen molar-refractivity contribution < 1.29 is 47.6 Å². The van der Waals surface area contributed by atoms with E-state index in [1.807, 2.05) is 13.8 Å². The molecule has 3 fully saturated rings. The molecule has 5 atom stereocenters. The van der Waals surface area contributed by atoms with Crippen molar-refractivity contribution in [2.45, 2.75) is 116 Å². The zero-order chi connectivity index (χ0) is 43.2. The lowest BCUT2D eigenvalue weighted by atomic mass is 9.70. The van der Waals surface area contributed by atoms with Gasteiger partial charge >= 0.3 is 23.9 Å². The molecule has 3 aliphatic heterocycles. The normalized spacial score (nSPS) is 24.1. The highest BCUT2D eigenvalue weighted by Gasteiger charge is 2.71. The van der Waals surface area contributed by atoms with Crippen LogP contribution in [0.2, 0.25) is 0 Å².